The fourth-order valence-corrected chi connectivity index (χ4v) is 14.3. The van der Waals surface area contributed by atoms with Gasteiger partial charge in [0.1, 0.15) is 44.9 Å². The Labute approximate surface area is 540 Å². The van der Waals surface area contributed by atoms with Crippen molar-refractivity contribution in [3.63, 3.8) is 0 Å². The summed E-state index contributed by atoms with van der Waals surface area (Å²) in [6.07, 6.45) is 10.2. The molecule has 0 aliphatic rings. The minimum atomic E-state index is -0.471. The van der Waals surface area contributed by atoms with E-state index in [1.54, 1.807) is 9.59 Å². The summed E-state index contributed by atoms with van der Waals surface area (Å²) in [5.41, 5.74) is 13.4. The molecular weight excluding hydrogens is 1130 g/mol. The van der Waals surface area contributed by atoms with Gasteiger partial charge in [-0.2, -0.15) is 0 Å². The first-order valence-electron chi connectivity index (χ1n) is 33.2. The average molecular weight is 1240 g/mol. The van der Waals surface area contributed by atoms with E-state index in [0.29, 0.717) is 35.5 Å². The first kappa shape index (κ1) is 67.1. The van der Waals surface area contributed by atoms with Crippen LogP contribution < -0.4 is 5.69 Å². The van der Waals surface area contributed by atoms with Gasteiger partial charge in [-0.05, 0) is 131 Å². The predicted octanol–water partition coefficient (Wildman–Crippen LogP) is 19.1. The van der Waals surface area contributed by atoms with Crippen LogP contribution in [0.5, 0.6) is 11.5 Å². The topological polar surface area (TPSA) is 139 Å². The fraction of sp³-hybridized carbons (Fsp3) is 0.500. The largest absolute Gasteiger partial charge is 0.505 e. The zero-order valence-corrected chi connectivity index (χ0v) is 58.3. The molecule has 0 spiro atoms. The molecule has 0 aliphatic heterocycles. The molecule has 0 saturated heterocycles. The van der Waals surface area contributed by atoms with Gasteiger partial charge in [-0.15, -0.1) is 30.0 Å². The first-order valence-corrected chi connectivity index (χ1v) is 33.6. The lowest BCUT2D eigenvalue weighted by Crippen LogP contribution is -2.27. The molecule has 10 aromatic rings. The number of aromatic nitrogens is 10. The highest BCUT2D eigenvalue weighted by atomic mass is 32.1. The molecule has 0 aliphatic carbocycles. The number of hydrogen-bond donors (Lipinski definition) is 2. The maximum atomic E-state index is 13.5. The molecule has 0 radical (unpaired) electrons. The summed E-state index contributed by atoms with van der Waals surface area (Å²) in [6, 6.07) is 37.5. The van der Waals surface area contributed by atoms with E-state index in [1.165, 1.54) is 0 Å². The van der Waals surface area contributed by atoms with Gasteiger partial charge in [0.25, 0.3) is 0 Å². The molecule has 0 unspecified atom stereocenters. The Morgan fingerprint density at radius 2 is 0.689 bits per heavy atom. The smallest absolute Gasteiger partial charge is 0.329 e. The molecule has 0 amide bonds. The fourth-order valence-electron chi connectivity index (χ4n) is 13.9. The molecule has 480 valence electrons. The highest BCUT2D eigenvalue weighted by molar-refractivity contribution is 7.71. The third-order valence-corrected chi connectivity index (χ3v) is 18.9. The van der Waals surface area contributed by atoms with E-state index in [2.05, 4.69) is 207 Å². The maximum Gasteiger partial charge on any atom is 0.329 e. The zero-order chi connectivity index (χ0) is 65.5. The monoisotopic (exact) mass is 1230 g/mol. The van der Waals surface area contributed by atoms with Gasteiger partial charge in [-0.25, -0.2) is 4.79 Å². The number of phenols is 2. The van der Waals surface area contributed by atoms with Crippen molar-refractivity contribution in [1.29, 1.82) is 0 Å². The van der Waals surface area contributed by atoms with Crippen LogP contribution in [0.3, 0.4) is 0 Å². The third kappa shape index (κ3) is 13.8. The number of fused-ring (bicyclic) bond motifs is 4. The van der Waals surface area contributed by atoms with Crippen LogP contribution >= 0.6 is 12.2 Å². The lowest BCUT2D eigenvalue weighted by Gasteiger charge is -2.35. The van der Waals surface area contributed by atoms with Crippen molar-refractivity contribution >= 4 is 56.4 Å². The molecule has 6 aromatic carbocycles. The number of aryl methyl sites for hydroxylation is 4. The number of phenolic OH excluding ortho intramolecular Hbond substituents is 2. The van der Waals surface area contributed by atoms with Gasteiger partial charge in [0.2, 0.25) is 0 Å². The Balaban J connectivity index is 0.000000213. The Bertz CT molecular complexity index is 3880. The Hall–Kier alpha value is -7.32. The number of nitrogens with zero attached hydrogens (tertiary/aromatic N) is 10. The molecule has 14 heteroatoms. The quantitative estimate of drug-likeness (QED) is 0.0640. The minimum absolute atomic E-state index is 0.0339. The molecule has 4 aromatic heterocycles. The summed E-state index contributed by atoms with van der Waals surface area (Å²) in [6.45, 7) is 43.3. The van der Waals surface area contributed by atoms with Gasteiger partial charge >= 0.3 is 5.69 Å². The number of aromatic hydroxyl groups is 2. The first-order chi connectivity index (χ1) is 42.3. The summed E-state index contributed by atoms with van der Waals surface area (Å²) in [5.74, 6) is 0.388. The second-order valence-corrected chi connectivity index (χ2v) is 30.6. The summed E-state index contributed by atoms with van der Waals surface area (Å²) >= 11 is 5.97. The van der Waals surface area contributed by atoms with Crippen molar-refractivity contribution in [3.8, 4) is 22.9 Å². The van der Waals surface area contributed by atoms with Crippen LogP contribution in [0.2, 0.25) is 0 Å². The second kappa shape index (κ2) is 26.1. The Kier molecular flexibility index (Phi) is 19.5. The highest BCUT2D eigenvalue weighted by Crippen LogP contribution is 2.47. The molecule has 0 atom stereocenters. The summed E-state index contributed by atoms with van der Waals surface area (Å²) < 4.78 is 9.17. The Morgan fingerprint density at radius 1 is 0.400 bits per heavy atom. The normalized spacial score (nSPS) is 12.9. The summed E-state index contributed by atoms with van der Waals surface area (Å²) in [5, 5.41) is 43.9. The average Bonchev–Trinajstić information content (AvgIpc) is 1.42. The molecule has 0 saturated carbocycles. The van der Waals surface area contributed by atoms with Gasteiger partial charge in [-0.3, -0.25) is 9.13 Å². The molecule has 13 nitrogen and oxygen atoms in total. The van der Waals surface area contributed by atoms with E-state index in [4.69, 9.17) is 32.6 Å². The van der Waals surface area contributed by atoms with Crippen LogP contribution in [-0.4, -0.2) is 58.5 Å². The highest BCUT2D eigenvalue weighted by Gasteiger charge is 2.36. The number of rotatable bonds is 22. The molecule has 90 heavy (non-hydrogen) atoms. The van der Waals surface area contributed by atoms with Gasteiger partial charge in [0.15, 0.2) is 4.77 Å². The van der Waals surface area contributed by atoms with Crippen LogP contribution in [0.25, 0.3) is 55.5 Å². The van der Waals surface area contributed by atoms with Crippen LogP contribution in [0.1, 0.15) is 222 Å². The van der Waals surface area contributed by atoms with E-state index in [9.17, 15) is 15.0 Å². The molecule has 10 rings (SSSR count). The van der Waals surface area contributed by atoms with Crippen LogP contribution in [0, 0.1) is 15.6 Å². The molecule has 0 fully saturated rings. The maximum absolute atomic E-state index is 13.5. The third-order valence-electron chi connectivity index (χ3n) is 18.4. The van der Waals surface area contributed by atoms with Crippen molar-refractivity contribution in [2.45, 2.75) is 237 Å². The molecule has 4 heterocycles. The van der Waals surface area contributed by atoms with Gasteiger partial charge in [-0.1, -0.05) is 223 Å². The van der Waals surface area contributed by atoms with Gasteiger partial charge in [0.05, 0.1) is 22.1 Å². The second-order valence-electron chi connectivity index (χ2n) is 30.2. The predicted molar refractivity (Wildman–Crippen MR) is 376 cm³/mol. The molecule has 0 bridgehead atoms. The molecule has 2 N–H and O–H groups in total. The van der Waals surface area contributed by atoms with E-state index in [1.807, 2.05) is 45.5 Å². The van der Waals surface area contributed by atoms with E-state index in [-0.39, 0.29) is 38.8 Å². The number of imidazole rings is 2. The number of hydrogen-bond acceptors (Lipinski definition) is 8. The van der Waals surface area contributed by atoms with E-state index >= 15 is 0 Å². The lowest BCUT2D eigenvalue weighted by atomic mass is 9.70. The van der Waals surface area contributed by atoms with Crippen LogP contribution in [-0.2, 0) is 47.8 Å². The van der Waals surface area contributed by atoms with E-state index < -0.39 is 10.8 Å². The lowest BCUT2D eigenvalue weighted by molar-refractivity contribution is 0.283. The van der Waals surface area contributed by atoms with Crippen molar-refractivity contribution in [2.75, 3.05) is 0 Å². The van der Waals surface area contributed by atoms with Gasteiger partial charge in [0, 0.05) is 48.1 Å². The van der Waals surface area contributed by atoms with Crippen molar-refractivity contribution in [3.05, 3.63) is 158 Å². The summed E-state index contributed by atoms with van der Waals surface area (Å²) in [4.78, 5) is 16.7. The zero-order valence-electron chi connectivity index (χ0n) is 57.5. The number of unbranched alkanes of at least 4 members (excludes halogenated alkanes) is 4. The SMILES string of the molecule is CCCCn1c(=O)n(CCCC)c2cc3nn(-c4cc(C(C)(C)CC(C)(C)C)cc(C(C)(C)c5ccccc5)c4O)nc3cc21.CCCCn1c(=S)n(CCCC)c2cc3nn(-c4cc(C(C)(C)CC(C)(C)C)cc(C(C)(C)c5ccccc5)c4O)nc3cc21. The van der Waals surface area contributed by atoms with Crippen LogP contribution in [0.4, 0.5) is 0 Å². The minimum Gasteiger partial charge on any atom is -0.505 e. The van der Waals surface area contributed by atoms with E-state index in [0.717, 1.165) is 149 Å². The number of benzene rings is 6. The van der Waals surface area contributed by atoms with Crippen molar-refractivity contribution < 1.29 is 10.2 Å². The molecular formula is C76H102N10O3S. The standard InChI is InChI=1S/C38H51N5O2.C38H51N5OS/c2*1-10-12-19-41-31-23-29-30(24-32(31)42(35(41)45)20-13-11-2)40-43(39-29)33-22-27(37(6,7)25-36(3,4)5)21-28(34(33)44)38(8,9)26-17-15-14-16-18-26/h2*14-18,21-24,44H,10-13,19-20,25H2,1-9H3. The van der Waals surface area contributed by atoms with Crippen molar-refractivity contribution in [1.82, 2.24) is 48.3 Å². The Morgan fingerprint density at radius 3 is 0.978 bits per heavy atom. The van der Waals surface area contributed by atoms with Gasteiger partial charge < -0.3 is 19.3 Å². The van der Waals surface area contributed by atoms with Crippen LogP contribution in [0.15, 0.2) is 114 Å². The van der Waals surface area contributed by atoms with Crippen molar-refractivity contribution in [2.24, 2.45) is 10.8 Å². The summed E-state index contributed by atoms with van der Waals surface area (Å²) in [7, 11) is 0.